The van der Waals surface area contributed by atoms with Gasteiger partial charge in [-0.25, -0.2) is 0 Å². The van der Waals surface area contributed by atoms with Gasteiger partial charge in [0.25, 0.3) is 5.91 Å². The summed E-state index contributed by atoms with van der Waals surface area (Å²) in [5.41, 5.74) is 1.82. The lowest BCUT2D eigenvalue weighted by molar-refractivity contribution is 0.0907. The Balaban J connectivity index is 2.26. The molecule has 0 fully saturated rings. The van der Waals surface area contributed by atoms with Gasteiger partial charge in [-0.1, -0.05) is 12.1 Å². The van der Waals surface area contributed by atoms with E-state index in [1.165, 1.54) is 0 Å². The minimum atomic E-state index is -0.561. The Labute approximate surface area is 125 Å². The number of pyridine rings is 1. The normalized spacial score (nSPS) is 11.0. The molecule has 0 atom stereocenters. The molecule has 0 saturated heterocycles. The number of aromatic nitrogens is 1. The summed E-state index contributed by atoms with van der Waals surface area (Å²) in [5.74, 6) is 0.395. The van der Waals surface area contributed by atoms with E-state index in [1.54, 1.807) is 19.4 Å². The first kappa shape index (κ1) is 15.0. The fraction of sp³-hybridized carbons (Fsp3) is 0.294. The number of nitrogens with zero attached hydrogens (tertiary/aromatic N) is 1. The summed E-state index contributed by atoms with van der Waals surface area (Å²) < 4.78 is 5.29. The first-order valence-corrected chi connectivity index (χ1v) is 6.83. The number of carbonyl (C=O) groups excluding carboxylic acids is 1. The van der Waals surface area contributed by atoms with E-state index >= 15 is 0 Å². The highest BCUT2D eigenvalue weighted by atomic mass is 16.5. The van der Waals surface area contributed by atoms with Crippen LogP contribution >= 0.6 is 0 Å². The predicted octanol–water partition coefficient (Wildman–Crippen LogP) is 3.06. The van der Waals surface area contributed by atoms with E-state index in [0.717, 1.165) is 11.3 Å². The summed E-state index contributed by atoms with van der Waals surface area (Å²) in [6.07, 6.45) is 1.72. The summed E-state index contributed by atoms with van der Waals surface area (Å²) >= 11 is 0. The maximum absolute atomic E-state index is 12.5. The number of carbonyl (C=O) groups is 1. The Morgan fingerprint density at radius 2 is 2.00 bits per heavy atom. The molecule has 110 valence electrons. The number of hydrogen-bond acceptors (Lipinski definition) is 3. The molecule has 0 radical (unpaired) electrons. The number of aryl methyl sites for hydroxylation is 1. The third-order valence-corrected chi connectivity index (χ3v) is 3.33. The fourth-order valence-corrected chi connectivity index (χ4v) is 2.13. The van der Waals surface area contributed by atoms with Gasteiger partial charge in [-0.2, -0.15) is 0 Å². The van der Waals surface area contributed by atoms with E-state index in [4.69, 9.17) is 4.74 Å². The van der Waals surface area contributed by atoms with E-state index in [-0.39, 0.29) is 5.91 Å². The molecule has 4 nitrogen and oxygen atoms in total. The molecule has 0 unspecified atom stereocenters. The maximum Gasteiger partial charge on any atom is 0.255 e. The quantitative estimate of drug-likeness (QED) is 0.938. The van der Waals surface area contributed by atoms with Crippen LogP contribution in [-0.4, -0.2) is 18.0 Å². The molecule has 4 heteroatoms. The largest absolute Gasteiger partial charge is 0.496 e. The van der Waals surface area contributed by atoms with Crippen LogP contribution < -0.4 is 10.1 Å². The van der Waals surface area contributed by atoms with Gasteiger partial charge in [-0.3, -0.25) is 9.78 Å². The topological polar surface area (TPSA) is 51.2 Å². The Kier molecular flexibility index (Phi) is 4.26. The molecule has 21 heavy (non-hydrogen) atoms. The van der Waals surface area contributed by atoms with E-state index < -0.39 is 5.54 Å². The van der Waals surface area contributed by atoms with E-state index in [2.05, 4.69) is 10.3 Å². The predicted molar refractivity (Wildman–Crippen MR) is 82.5 cm³/mol. The van der Waals surface area contributed by atoms with Crippen molar-refractivity contribution in [1.29, 1.82) is 0 Å². The molecule has 2 aromatic rings. The fourth-order valence-electron chi connectivity index (χ4n) is 2.13. The van der Waals surface area contributed by atoms with Crippen LogP contribution in [-0.2, 0) is 5.54 Å². The van der Waals surface area contributed by atoms with Crippen molar-refractivity contribution in [1.82, 2.24) is 10.3 Å². The Morgan fingerprint density at radius 1 is 1.24 bits per heavy atom. The molecule has 1 heterocycles. The number of nitrogens with one attached hydrogen (secondary N) is 1. The van der Waals surface area contributed by atoms with Gasteiger partial charge < -0.3 is 10.1 Å². The highest BCUT2D eigenvalue weighted by Gasteiger charge is 2.25. The van der Waals surface area contributed by atoms with Gasteiger partial charge in [0.2, 0.25) is 0 Å². The second-order valence-electron chi connectivity index (χ2n) is 5.50. The van der Waals surface area contributed by atoms with E-state index in [0.29, 0.717) is 11.3 Å². The number of rotatable bonds is 4. The van der Waals surface area contributed by atoms with Crippen molar-refractivity contribution in [2.24, 2.45) is 0 Å². The summed E-state index contributed by atoms with van der Waals surface area (Å²) in [4.78, 5) is 16.8. The zero-order valence-corrected chi connectivity index (χ0v) is 12.8. The van der Waals surface area contributed by atoms with Crippen LogP contribution in [0.3, 0.4) is 0 Å². The molecular formula is C17H20N2O2. The molecule has 0 aliphatic rings. The van der Waals surface area contributed by atoms with E-state index in [1.807, 2.05) is 51.1 Å². The molecule has 1 amide bonds. The number of ether oxygens (including phenoxy) is 1. The van der Waals surface area contributed by atoms with Crippen LogP contribution in [0.5, 0.6) is 5.75 Å². The molecule has 1 aromatic heterocycles. The van der Waals surface area contributed by atoms with Crippen molar-refractivity contribution in [3.8, 4) is 5.75 Å². The SMILES string of the molecule is COc1cc(C)ccc1C(=O)NC(C)(C)c1ccccn1. The molecule has 0 aliphatic carbocycles. The summed E-state index contributed by atoms with van der Waals surface area (Å²) in [6, 6.07) is 11.2. The first-order valence-electron chi connectivity index (χ1n) is 6.83. The monoisotopic (exact) mass is 284 g/mol. The van der Waals surface area contributed by atoms with Gasteiger partial charge in [0.15, 0.2) is 0 Å². The average Bonchev–Trinajstić information content (AvgIpc) is 2.47. The molecule has 0 spiro atoms. The minimum absolute atomic E-state index is 0.178. The molecule has 0 aliphatic heterocycles. The van der Waals surface area contributed by atoms with Crippen LogP contribution in [0.15, 0.2) is 42.6 Å². The Bertz CT molecular complexity index is 636. The standard InChI is InChI=1S/C17H20N2O2/c1-12-8-9-13(14(11-12)21-4)16(20)19-17(2,3)15-7-5-6-10-18-15/h5-11H,1-4H3,(H,19,20). The minimum Gasteiger partial charge on any atom is -0.496 e. The number of methoxy groups -OCH3 is 1. The molecule has 2 rings (SSSR count). The zero-order chi connectivity index (χ0) is 15.5. The molecule has 1 aromatic carbocycles. The lowest BCUT2D eigenvalue weighted by Crippen LogP contribution is -2.41. The highest BCUT2D eigenvalue weighted by molar-refractivity contribution is 5.97. The van der Waals surface area contributed by atoms with Crippen molar-refractivity contribution in [3.05, 3.63) is 59.4 Å². The third-order valence-electron chi connectivity index (χ3n) is 3.33. The van der Waals surface area contributed by atoms with Gasteiger partial charge in [-0.05, 0) is 50.6 Å². The summed E-state index contributed by atoms with van der Waals surface area (Å²) in [6.45, 7) is 5.81. The van der Waals surface area contributed by atoms with Gasteiger partial charge in [0.05, 0.1) is 23.9 Å². The zero-order valence-electron chi connectivity index (χ0n) is 12.8. The molecular weight excluding hydrogens is 264 g/mol. The number of amides is 1. The lowest BCUT2D eigenvalue weighted by atomic mass is 9.99. The van der Waals surface area contributed by atoms with E-state index in [9.17, 15) is 4.79 Å². The van der Waals surface area contributed by atoms with Gasteiger partial charge in [-0.15, -0.1) is 0 Å². The Hall–Kier alpha value is -2.36. The first-order chi connectivity index (χ1) is 9.94. The second-order valence-corrected chi connectivity index (χ2v) is 5.50. The lowest BCUT2D eigenvalue weighted by Gasteiger charge is -2.26. The molecule has 1 N–H and O–H groups in total. The highest BCUT2D eigenvalue weighted by Crippen LogP contribution is 2.23. The molecule has 0 bridgehead atoms. The van der Waals surface area contributed by atoms with Gasteiger partial charge >= 0.3 is 0 Å². The summed E-state index contributed by atoms with van der Waals surface area (Å²) in [5, 5.41) is 3.00. The smallest absolute Gasteiger partial charge is 0.255 e. The van der Waals surface area contributed by atoms with Crippen molar-refractivity contribution in [3.63, 3.8) is 0 Å². The van der Waals surface area contributed by atoms with Crippen LogP contribution in [0.4, 0.5) is 0 Å². The summed E-state index contributed by atoms with van der Waals surface area (Å²) in [7, 11) is 1.56. The van der Waals surface area contributed by atoms with Crippen molar-refractivity contribution in [2.75, 3.05) is 7.11 Å². The number of benzene rings is 1. The van der Waals surface area contributed by atoms with Crippen molar-refractivity contribution in [2.45, 2.75) is 26.3 Å². The van der Waals surface area contributed by atoms with Crippen LogP contribution in [0.25, 0.3) is 0 Å². The van der Waals surface area contributed by atoms with Crippen LogP contribution in [0, 0.1) is 6.92 Å². The van der Waals surface area contributed by atoms with Crippen molar-refractivity contribution >= 4 is 5.91 Å². The van der Waals surface area contributed by atoms with Crippen LogP contribution in [0.1, 0.15) is 35.5 Å². The number of hydrogen-bond donors (Lipinski definition) is 1. The third kappa shape index (κ3) is 3.40. The van der Waals surface area contributed by atoms with Crippen LogP contribution in [0.2, 0.25) is 0 Å². The van der Waals surface area contributed by atoms with Gasteiger partial charge in [0.1, 0.15) is 5.75 Å². The average molecular weight is 284 g/mol. The maximum atomic E-state index is 12.5. The Morgan fingerprint density at radius 3 is 2.62 bits per heavy atom. The molecule has 0 saturated carbocycles. The van der Waals surface area contributed by atoms with Crippen molar-refractivity contribution < 1.29 is 9.53 Å². The second kappa shape index (κ2) is 5.95. The van der Waals surface area contributed by atoms with Gasteiger partial charge in [0, 0.05) is 6.20 Å².